The smallest absolute Gasteiger partial charge is 0.0991 e. The third-order valence-electron chi connectivity index (χ3n) is 3.24. The lowest BCUT2D eigenvalue weighted by molar-refractivity contribution is 0.710. The Hall–Kier alpha value is -2.60. The van der Waals surface area contributed by atoms with E-state index in [1.807, 2.05) is 42.6 Å². The van der Waals surface area contributed by atoms with E-state index in [9.17, 15) is 0 Å². The van der Waals surface area contributed by atoms with Crippen molar-refractivity contribution < 1.29 is 0 Å². The first-order valence-corrected chi connectivity index (χ1v) is 6.26. The van der Waals surface area contributed by atoms with E-state index in [1.165, 1.54) is 0 Å². The maximum absolute atomic E-state index is 8.89. The van der Waals surface area contributed by atoms with Crippen molar-refractivity contribution in [1.82, 2.24) is 9.55 Å². The molecule has 0 saturated carbocycles. The van der Waals surface area contributed by atoms with E-state index in [0.29, 0.717) is 5.56 Å². The zero-order chi connectivity index (χ0) is 13.1. The Morgan fingerprint density at radius 1 is 1.16 bits per heavy atom. The molecule has 0 radical (unpaired) electrons. The third-order valence-corrected chi connectivity index (χ3v) is 3.24. The minimum Gasteiger partial charge on any atom is -0.347 e. The Morgan fingerprint density at radius 3 is 2.89 bits per heavy atom. The van der Waals surface area contributed by atoms with Crippen molar-refractivity contribution in [2.45, 2.75) is 13.0 Å². The van der Waals surface area contributed by atoms with Crippen LogP contribution >= 0.6 is 0 Å². The molecule has 3 heteroatoms. The van der Waals surface area contributed by atoms with Crippen LogP contribution in [0.2, 0.25) is 0 Å². The maximum atomic E-state index is 8.89. The van der Waals surface area contributed by atoms with Crippen molar-refractivity contribution >= 4 is 10.9 Å². The fourth-order valence-electron chi connectivity index (χ4n) is 2.25. The average Bonchev–Trinajstić information content (AvgIpc) is 2.88. The number of fused-ring (bicyclic) bond motifs is 1. The summed E-state index contributed by atoms with van der Waals surface area (Å²) in [6.45, 7) is 0.895. The lowest BCUT2D eigenvalue weighted by atomic mass is 10.2. The van der Waals surface area contributed by atoms with Crippen LogP contribution in [0.15, 0.2) is 54.9 Å². The van der Waals surface area contributed by atoms with Crippen molar-refractivity contribution in [2.24, 2.45) is 0 Å². The zero-order valence-electron chi connectivity index (χ0n) is 10.5. The van der Waals surface area contributed by atoms with E-state index < -0.39 is 0 Å². The summed E-state index contributed by atoms with van der Waals surface area (Å²) < 4.78 is 2.20. The van der Waals surface area contributed by atoms with Gasteiger partial charge in [-0.3, -0.25) is 4.98 Å². The van der Waals surface area contributed by atoms with Gasteiger partial charge >= 0.3 is 0 Å². The van der Waals surface area contributed by atoms with Gasteiger partial charge in [-0.15, -0.1) is 0 Å². The number of nitriles is 1. The van der Waals surface area contributed by atoms with Gasteiger partial charge in [0.2, 0.25) is 0 Å². The first-order chi connectivity index (χ1) is 9.36. The fourth-order valence-corrected chi connectivity index (χ4v) is 2.25. The monoisotopic (exact) mass is 247 g/mol. The van der Waals surface area contributed by atoms with E-state index in [1.54, 1.807) is 0 Å². The van der Waals surface area contributed by atoms with Gasteiger partial charge in [-0.05, 0) is 36.4 Å². The van der Waals surface area contributed by atoms with Crippen molar-refractivity contribution in [3.8, 4) is 6.07 Å². The topological polar surface area (TPSA) is 41.6 Å². The van der Waals surface area contributed by atoms with Crippen LogP contribution in [0.4, 0.5) is 0 Å². The van der Waals surface area contributed by atoms with Gasteiger partial charge in [0.15, 0.2) is 0 Å². The summed E-state index contributed by atoms with van der Waals surface area (Å²) in [5, 5.41) is 10.0. The van der Waals surface area contributed by atoms with Gasteiger partial charge in [0, 0.05) is 42.0 Å². The molecular weight excluding hydrogens is 234 g/mol. The SMILES string of the molecule is N#Cc1ccc2c(ccn2CCc2ccccn2)c1. The maximum Gasteiger partial charge on any atom is 0.0991 e. The molecule has 0 fully saturated rings. The molecule has 0 N–H and O–H groups in total. The van der Waals surface area contributed by atoms with Crippen LogP contribution in [-0.4, -0.2) is 9.55 Å². The molecule has 0 unspecified atom stereocenters. The van der Waals surface area contributed by atoms with Gasteiger partial charge < -0.3 is 4.57 Å². The molecule has 2 aromatic heterocycles. The lowest BCUT2D eigenvalue weighted by Gasteiger charge is -2.05. The molecule has 0 aliphatic carbocycles. The van der Waals surface area contributed by atoms with E-state index in [4.69, 9.17) is 5.26 Å². The lowest BCUT2D eigenvalue weighted by Crippen LogP contribution is -2.00. The first kappa shape index (κ1) is 11.5. The zero-order valence-corrected chi connectivity index (χ0v) is 10.5. The number of aryl methyl sites for hydroxylation is 2. The minimum absolute atomic E-state index is 0.704. The number of aromatic nitrogens is 2. The molecule has 2 heterocycles. The van der Waals surface area contributed by atoms with Crippen molar-refractivity contribution in [3.05, 3.63) is 66.1 Å². The second-order valence-electron chi connectivity index (χ2n) is 4.47. The predicted octanol–water partition coefficient (Wildman–Crippen LogP) is 3.15. The highest BCUT2D eigenvalue weighted by Crippen LogP contribution is 2.17. The van der Waals surface area contributed by atoms with Crippen LogP contribution in [0.3, 0.4) is 0 Å². The number of benzene rings is 1. The van der Waals surface area contributed by atoms with Gasteiger partial charge in [0.1, 0.15) is 0 Å². The molecular formula is C16H13N3. The molecule has 3 aromatic rings. The molecule has 0 aliphatic rings. The van der Waals surface area contributed by atoms with E-state index in [0.717, 1.165) is 29.6 Å². The van der Waals surface area contributed by atoms with Gasteiger partial charge in [0.25, 0.3) is 0 Å². The summed E-state index contributed by atoms with van der Waals surface area (Å²) in [6.07, 6.45) is 4.79. The fraction of sp³-hybridized carbons (Fsp3) is 0.125. The molecule has 3 nitrogen and oxygen atoms in total. The number of hydrogen-bond acceptors (Lipinski definition) is 2. The van der Waals surface area contributed by atoms with Crippen molar-refractivity contribution in [1.29, 1.82) is 5.26 Å². The molecule has 0 bridgehead atoms. The van der Waals surface area contributed by atoms with E-state index in [-0.39, 0.29) is 0 Å². The van der Waals surface area contributed by atoms with Crippen molar-refractivity contribution in [3.63, 3.8) is 0 Å². The predicted molar refractivity (Wildman–Crippen MR) is 74.6 cm³/mol. The number of rotatable bonds is 3. The largest absolute Gasteiger partial charge is 0.347 e. The summed E-state index contributed by atoms with van der Waals surface area (Å²) in [5.74, 6) is 0. The van der Waals surface area contributed by atoms with E-state index >= 15 is 0 Å². The number of hydrogen-bond donors (Lipinski definition) is 0. The molecule has 0 amide bonds. The molecule has 92 valence electrons. The number of pyridine rings is 1. The standard InChI is InChI=1S/C16H13N3/c17-12-13-4-5-16-14(11-13)6-9-19(16)10-7-15-3-1-2-8-18-15/h1-6,8-9,11H,7,10H2. The van der Waals surface area contributed by atoms with E-state index in [2.05, 4.69) is 27.9 Å². The minimum atomic E-state index is 0.704. The molecule has 3 rings (SSSR count). The highest BCUT2D eigenvalue weighted by molar-refractivity contribution is 5.81. The molecule has 0 aliphatic heterocycles. The third kappa shape index (κ3) is 2.34. The Bertz CT molecular complexity index is 736. The first-order valence-electron chi connectivity index (χ1n) is 6.26. The van der Waals surface area contributed by atoms with Gasteiger partial charge in [-0.25, -0.2) is 0 Å². The quantitative estimate of drug-likeness (QED) is 0.713. The van der Waals surface area contributed by atoms with Crippen LogP contribution in [0.25, 0.3) is 10.9 Å². The van der Waals surface area contributed by atoms with Crippen LogP contribution in [0, 0.1) is 11.3 Å². The molecule has 1 aromatic carbocycles. The normalized spacial score (nSPS) is 10.5. The summed E-state index contributed by atoms with van der Waals surface area (Å²) in [6, 6.07) is 16.0. The Kier molecular flexibility index (Phi) is 2.99. The summed E-state index contributed by atoms with van der Waals surface area (Å²) >= 11 is 0. The van der Waals surface area contributed by atoms with Gasteiger partial charge in [-0.2, -0.15) is 5.26 Å². The second-order valence-corrected chi connectivity index (χ2v) is 4.47. The van der Waals surface area contributed by atoms with Gasteiger partial charge in [-0.1, -0.05) is 6.07 Å². The molecule has 19 heavy (non-hydrogen) atoms. The van der Waals surface area contributed by atoms with Gasteiger partial charge in [0.05, 0.1) is 11.6 Å². The average molecular weight is 247 g/mol. The summed E-state index contributed by atoms with van der Waals surface area (Å²) in [5.41, 5.74) is 2.96. The van der Waals surface area contributed by atoms with Crippen LogP contribution in [-0.2, 0) is 13.0 Å². The van der Waals surface area contributed by atoms with Crippen LogP contribution in [0.5, 0.6) is 0 Å². The summed E-state index contributed by atoms with van der Waals surface area (Å²) in [7, 11) is 0. The van der Waals surface area contributed by atoms with Crippen LogP contribution in [0.1, 0.15) is 11.3 Å². The highest BCUT2D eigenvalue weighted by atomic mass is 14.9. The molecule has 0 spiro atoms. The Morgan fingerprint density at radius 2 is 2.11 bits per heavy atom. The highest BCUT2D eigenvalue weighted by Gasteiger charge is 2.02. The second kappa shape index (κ2) is 4.95. The Labute approximate surface area is 111 Å². The number of nitrogens with zero attached hydrogens (tertiary/aromatic N) is 3. The van der Waals surface area contributed by atoms with Crippen LogP contribution < -0.4 is 0 Å². The molecule has 0 saturated heterocycles. The molecule has 0 atom stereocenters. The van der Waals surface area contributed by atoms with Crippen molar-refractivity contribution in [2.75, 3.05) is 0 Å². The summed E-state index contributed by atoms with van der Waals surface area (Å²) in [4.78, 5) is 4.33. The Balaban J connectivity index is 1.84.